The van der Waals surface area contributed by atoms with E-state index in [1.807, 2.05) is 0 Å². The van der Waals surface area contributed by atoms with E-state index in [-0.39, 0.29) is 34.1 Å². The number of carbonyl (C=O) groups excluding carboxylic acids is 1. The van der Waals surface area contributed by atoms with Crippen molar-refractivity contribution >= 4 is 5.78 Å². The average molecular weight is 334 g/mol. The Kier molecular flexibility index (Phi) is 3.61. The number of benzene rings is 2. The van der Waals surface area contributed by atoms with Crippen LogP contribution in [0.1, 0.15) is 22.0 Å². The number of hydrogen-bond acceptors (Lipinski definition) is 8. The summed E-state index contributed by atoms with van der Waals surface area (Å²) in [4.78, 5) is 12.4. The number of aliphatic hydroxyl groups is 1. The molecule has 8 nitrogen and oxygen atoms in total. The Balaban J connectivity index is 2.15. The van der Waals surface area contributed by atoms with E-state index >= 15 is 0 Å². The molecule has 8 heteroatoms. The number of ether oxygens (including phenoxy) is 2. The van der Waals surface area contributed by atoms with Crippen LogP contribution in [0.5, 0.6) is 34.5 Å². The van der Waals surface area contributed by atoms with E-state index < -0.39 is 29.5 Å². The molecular formula is C16H14O8. The van der Waals surface area contributed by atoms with Crippen molar-refractivity contribution in [2.24, 2.45) is 0 Å². The van der Waals surface area contributed by atoms with Crippen LogP contribution in [0.15, 0.2) is 24.3 Å². The second-order valence-electron chi connectivity index (χ2n) is 5.24. The van der Waals surface area contributed by atoms with Gasteiger partial charge in [0.25, 0.3) is 0 Å². The van der Waals surface area contributed by atoms with E-state index in [9.17, 15) is 30.3 Å². The highest BCUT2D eigenvalue weighted by Crippen LogP contribution is 2.49. The lowest BCUT2D eigenvalue weighted by Crippen LogP contribution is -2.36. The predicted octanol–water partition coefficient (Wildman–Crippen LogP) is 1.19. The third-order valence-electron chi connectivity index (χ3n) is 3.78. The van der Waals surface area contributed by atoms with Gasteiger partial charge in [-0.1, -0.05) is 0 Å². The number of phenols is 4. The summed E-state index contributed by atoms with van der Waals surface area (Å²) in [5, 5.41) is 49.6. The zero-order valence-corrected chi connectivity index (χ0v) is 12.4. The Labute approximate surface area is 135 Å². The largest absolute Gasteiger partial charge is 0.508 e. The van der Waals surface area contributed by atoms with Crippen LogP contribution in [-0.2, 0) is 0 Å². The number of carbonyl (C=O) groups is 1. The summed E-state index contributed by atoms with van der Waals surface area (Å²) in [6.45, 7) is 0. The van der Waals surface area contributed by atoms with Crippen LogP contribution in [0.3, 0.4) is 0 Å². The molecule has 5 N–H and O–H groups in total. The maximum absolute atomic E-state index is 12.4. The predicted molar refractivity (Wildman–Crippen MR) is 79.8 cm³/mol. The van der Waals surface area contributed by atoms with Crippen LogP contribution in [0.4, 0.5) is 0 Å². The highest BCUT2D eigenvalue weighted by Gasteiger charge is 2.41. The maximum atomic E-state index is 12.4. The number of hydrogen-bond donors (Lipinski definition) is 5. The van der Waals surface area contributed by atoms with Crippen molar-refractivity contribution < 1.29 is 39.8 Å². The summed E-state index contributed by atoms with van der Waals surface area (Å²) >= 11 is 0. The van der Waals surface area contributed by atoms with Gasteiger partial charge in [-0.15, -0.1) is 0 Å². The molecule has 0 unspecified atom stereocenters. The fourth-order valence-electron chi connectivity index (χ4n) is 2.64. The summed E-state index contributed by atoms with van der Waals surface area (Å²) in [5.41, 5.74) is -0.357. The second kappa shape index (κ2) is 5.50. The topological polar surface area (TPSA) is 137 Å². The first-order chi connectivity index (χ1) is 11.3. The normalized spacial score (nSPS) is 19.5. The molecule has 0 bridgehead atoms. The smallest absolute Gasteiger partial charge is 0.203 e. The van der Waals surface area contributed by atoms with E-state index in [0.717, 1.165) is 12.1 Å². The van der Waals surface area contributed by atoms with Crippen molar-refractivity contribution in [2.75, 3.05) is 7.11 Å². The van der Waals surface area contributed by atoms with Crippen LogP contribution >= 0.6 is 0 Å². The number of fused-ring (bicyclic) bond motifs is 1. The molecule has 0 amide bonds. The summed E-state index contributed by atoms with van der Waals surface area (Å²) in [7, 11) is 1.19. The minimum Gasteiger partial charge on any atom is -0.508 e. The molecule has 3 rings (SSSR count). The molecule has 1 aliphatic heterocycles. The Bertz CT molecular complexity index is 829. The van der Waals surface area contributed by atoms with Crippen molar-refractivity contribution in [3.8, 4) is 34.5 Å². The molecule has 2 aromatic carbocycles. The molecule has 0 saturated carbocycles. The molecule has 0 fully saturated rings. The van der Waals surface area contributed by atoms with Crippen LogP contribution in [0, 0.1) is 0 Å². The first kappa shape index (κ1) is 15.8. The van der Waals surface area contributed by atoms with Crippen molar-refractivity contribution in [3.63, 3.8) is 0 Å². The number of aliphatic hydroxyl groups excluding tert-OH is 1. The van der Waals surface area contributed by atoms with E-state index in [4.69, 9.17) is 9.47 Å². The van der Waals surface area contributed by atoms with Gasteiger partial charge in [-0.05, 0) is 18.2 Å². The minimum absolute atomic E-state index is 0.0173. The lowest BCUT2D eigenvalue weighted by atomic mass is 9.92. The number of phenolic OH excluding ortho intramolecular Hbond substituents is 4. The van der Waals surface area contributed by atoms with Crippen molar-refractivity contribution in [2.45, 2.75) is 12.2 Å². The van der Waals surface area contributed by atoms with Crippen LogP contribution in [0.2, 0.25) is 0 Å². The van der Waals surface area contributed by atoms with Gasteiger partial charge in [-0.25, -0.2) is 0 Å². The van der Waals surface area contributed by atoms with Gasteiger partial charge in [0.15, 0.2) is 23.7 Å². The standard InChI is InChI=1S/C16H14O8/c1-23-16-9(19)5-10-11(13(16)21)12(20)14(22)15(24-10)7-4-6(17)2-3-8(7)18/h2-5,14-15,17-19,21-22H,1H3/t14-,15-/m0/s1. The molecule has 0 aliphatic carbocycles. The number of aromatic hydroxyl groups is 4. The van der Waals surface area contributed by atoms with Gasteiger partial charge in [0.05, 0.1) is 7.11 Å². The van der Waals surface area contributed by atoms with E-state index in [0.29, 0.717) is 0 Å². The lowest BCUT2D eigenvalue weighted by Gasteiger charge is -2.31. The van der Waals surface area contributed by atoms with Gasteiger partial charge in [-0.2, -0.15) is 0 Å². The quantitative estimate of drug-likeness (QED) is 0.517. The Morgan fingerprint density at radius 3 is 2.46 bits per heavy atom. The molecule has 1 aliphatic rings. The van der Waals surface area contributed by atoms with Gasteiger partial charge >= 0.3 is 0 Å². The SMILES string of the molecule is COc1c(O)cc2c(c1O)C(=O)[C@H](O)[C@H](c1cc(O)ccc1O)O2. The zero-order valence-electron chi connectivity index (χ0n) is 12.4. The maximum Gasteiger partial charge on any atom is 0.203 e. The average Bonchev–Trinajstić information content (AvgIpc) is 2.53. The van der Waals surface area contributed by atoms with Crippen molar-refractivity contribution in [3.05, 3.63) is 35.4 Å². The van der Waals surface area contributed by atoms with Crippen LogP contribution < -0.4 is 9.47 Å². The molecule has 0 aromatic heterocycles. The van der Waals surface area contributed by atoms with E-state index in [2.05, 4.69) is 0 Å². The number of methoxy groups -OCH3 is 1. The summed E-state index contributed by atoms with van der Waals surface area (Å²) in [6.07, 6.45) is -3.07. The Morgan fingerprint density at radius 2 is 1.79 bits per heavy atom. The second-order valence-corrected chi connectivity index (χ2v) is 5.24. The summed E-state index contributed by atoms with van der Waals surface area (Å²) < 4.78 is 10.3. The van der Waals surface area contributed by atoms with Crippen LogP contribution in [-0.4, -0.2) is 44.5 Å². The number of ketones is 1. The zero-order chi connectivity index (χ0) is 17.6. The molecule has 2 aromatic rings. The molecule has 0 saturated heterocycles. The molecule has 126 valence electrons. The molecule has 2 atom stereocenters. The van der Waals surface area contributed by atoms with Crippen molar-refractivity contribution in [1.29, 1.82) is 0 Å². The van der Waals surface area contributed by atoms with Gasteiger partial charge < -0.3 is 35.0 Å². The summed E-state index contributed by atoms with van der Waals surface area (Å²) in [5.74, 6) is -3.00. The fraction of sp³-hybridized carbons (Fsp3) is 0.188. The van der Waals surface area contributed by atoms with Crippen LogP contribution in [0.25, 0.3) is 0 Å². The molecular weight excluding hydrogens is 320 g/mol. The first-order valence-corrected chi connectivity index (χ1v) is 6.89. The Hall–Kier alpha value is -3.13. The third kappa shape index (κ3) is 2.24. The van der Waals surface area contributed by atoms with Crippen molar-refractivity contribution in [1.82, 2.24) is 0 Å². The highest BCUT2D eigenvalue weighted by atomic mass is 16.5. The van der Waals surface area contributed by atoms with E-state index in [1.165, 1.54) is 19.2 Å². The van der Waals surface area contributed by atoms with Gasteiger partial charge in [0.2, 0.25) is 11.5 Å². The Morgan fingerprint density at radius 1 is 1.08 bits per heavy atom. The van der Waals surface area contributed by atoms with Gasteiger partial charge in [0.1, 0.15) is 22.8 Å². The van der Waals surface area contributed by atoms with E-state index in [1.54, 1.807) is 0 Å². The van der Waals surface area contributed by atoms with Gasteiger partial charge in [0, 0.05) is 11.6 Å². The van der Waals surface area contributed by atoms with Gasteiger partial charge in [-0.3, -0.25) is 4.79 Å². The molecule has 0 radical (unpaired) electrons. The number of Topliss-reactive ketones (excluding diaryl/α,β-unsaturated/α-hetero) is 1. The first-order valence-electron chi connectivity index (χ1n) is 6.89. The minimum atomic E-state index is -1.75. The molecule has 1 heterocycles. The number of rotatable bonds is 2. The summed E-state index contributed by atoms with van der Waals surface area (Å²) in [6, 6.07) is 4.62. The molecule has 0 spiro atoms. The monoisotopic (exact) mass is 334 g/mol. The fourth-order valence-corrected chi connectivity index (χ4v) is 2.64. The third-order valence-corrected chi connectivity index (χ3v) is 3.78. The molecule has 24 heavy (non-hydrogen) atoms. The highest BCUT2D eigenvalue weighted by molar-refractivity contribution is 6.06. The lowest BCUT2D eigenvalue weighted by molar-refractivity contribution is 0.0201.